The topological polar surface area (TPSA) is 60.2 Å². The van der Waals surface area contributed by atoms with E-state index in [1.54, 1.807) is 0 Å². The van der Waals surface area contributed by atoms with Crippen molar-refractivity contribution in [3.8, 4) is 5.88 Å². The molecule has 1 aromatic heterocycles. The van der Waals surface area contributed by atoms with Crippen LogP contribution in [-0.2, 0) is 0 Å². The Labute approximate surface area is 128 Å². The molecule has 1 aromatic rings. The predicted molar refractivity (Wildman–Crippen MR) is 88.6 cm³/mol. The molecule has 1 fully saturated rings. The molecule has 118 valence electrons. The van der Waals surface area contributed by atoms with Gasteiger partial charge in [0, 0.05) is 6.54 Å². The smallest absolute Gasteiger partial charge is 0.239 e. The van der Waals surface area contributed by atoms with E-state index in [0.717, 1.165) is 24.2 Å². The largest absolute Gasteiger partial charge is 0.470 e. The molecule has 1 saturated carbocycles. The number of hydrogen-bond acceptors (Lipinski definition) is 4. The molecule has 0 aliphatic heterocycles. The van der Waals surface area contributed by atoms with Gasteiger partial charge in [0.2, 0.25) is 5.88 Å². The SMILES string of the molecule is CC1CCC(CNc2ccc(N)c(OC(C)(C)C)n2)CC1. The summed E-state index contributed by atoms with van der Waals surface area (Å²) in [6, 6.07) is 3.79. The fraction of sp³-hybridized carbons (Fsp3) is 0.706. The van der Waals surface area contributed by atoms with Crippen LogP contribution in [0, 0.1) is 11.8 Å². The van der Waals surface area contributed by atoms with Gasteiger partial charge in [0.25, 0.3) is 0 Å². The van der Waals surface area contributed by atoms with Gasteiger partial charge in [0.15, 0.2) is 0 Å². The molecule has 0 unspecified atom stereocenters. The molecule has 0 atom stereocenters. The number of nitrogens with two attached hydrogens (primary N) is 1. The van der Waals surface area contributed by atoms with Gasteiger partial charge in [-0.3, -0.25) is 0 Å². The Morgan fingerprint density at radius 3 is 2.52 bits per heavy atom. The molecule has 1 aliphatic carbocycles. The summed E-state index contributed by atoms with van der Waals surface area (Å²) < 4.78 is 5.80. The van der Waals surface area contributed by atoms with Crippen molar-refractivity contribution in [2.24, 2.45) is 11.8 Å². The Hall–Kier alpha value is -1.45. The molecule has 3 N–H and O–H groups in total. The second-order valence-electron chi connectivity index (χ2n) is 7.31. The maximum atomic E-state index is 5.94. The first-order valence-corrected chi connectivity index (χ1v) is 8.03. The third-order valence-electron chi connectivity index (χ3n) is 4.00. The minimum absolute atomic E-state index is 0.292. The highest BCUT2D eigenvalue weighted by atomic mass is 16.5. The van der Waals surface area contributed by atoms with Gasteiger partial charge in [-0.25, -0.2) is 0 Å². The zero-order valence-corrected chi connectivity index (χ0v) is 13.8. The van der Waals surface area contributed by atoms with Crippen LogP contribution in [-0.4, -0.2) is 17.1 Å². The van der Waals surface area contributed by atoms with Crippen molar-refractivity contribution in [1.29, 1.82) is 0 Å². The first-order chi connectivity index (χ1) is 9.83. The molecule has 1 aliphatic rings. The number of rotatable bonds is 4. The number of aromatic nitrogens is 1. The molecule has 0 saturated heterocycles. The molecule has 0 bridgehead atoms. The fourth-order valence-electron chi connectivity index (χ4n) is 2.70. The van der Waals surface area contributed by atoms with Gasteiger partial charge < -0.3 is 15.8 Å². The van der Waals surface area contributed by atoms with Crippen molar-refractivity contribution in [2.45, 2.75) is 59.0 Å². The molecule has 2 rings (SSSR count). The van der Waals surface area contributed by atoms with E-state index in [4.69, 9.17) is 10.5 Å². The Bertz CT molecular complexity index is 460. The second kappa shape index (κ2) is 6.54. The lowest BCUT2D eigenvalue weighted by molar-refractivity contribution is 0.125. The monoisotopic (exact) mass is 291 g/mol. The molecule has 4 nitrogen and oxygen atoms in total. The first-order valence-electron chi connectivity index (χ1n) is 8.03. The summed E-state index contributed by atoms with van der Waals surface area (Å²) in [7, 11) is 0. The highest BCUT2D eigenvalue weighted by Crippen LogP contribution is 2.29. The Kier molecular flexibility index (Phi) is 4.96. The third kappa shape index (κ3) is 5.10. The van der Waals surface area contributed by atoms with Crippen LogP contribution in [0.25, 0.3) is 0 Å². The van der Waals surface area contributed by atoms with Crippen molar-refractivity contribution >= 4 is 11.5 Å². The average Bonchev–Trinajstić information content (AvgIpc) is 2.40. The maximum absolute atomic E-state index is 5.94. The fourth-order valence-corrected chi connectivity index (χ4v) is 2.70. The van der Waals surface area contributed by atoms with E-state index in [1.807, 2.05) is 32.9 Å². The lowest BCUT2D eigenvalue weighted by Gasteiger charge is -2.26. The van der Waals surface area contributed by atoms with E-state index in [-0.39, 0.29) is 5.60 Å². The molecule has 21 heavy (non-hydrogen) atoms. The summed E-state index contributed by atoms with van der Waals surface area (Å²) in [4.78, 5) is 4.50. The van der Waals surface area contributed by atoms with Crippen molar-refractivity contribution in [1.82, 2.24) is 4.98 Å². The molecule has 1 heterocycles. The van der Waals surface area contributed by atoms with Crippen molar-refractivity contribution in [3.05, 3.63) is 12.1 Å². The van der Waals surface area contributed by atoms with E-state index in [2.05, 4.69) is 17.2 Å². The number of ether oxygens (including phenoxy) is 1. The number of nitrogens with one attached hydrogen (secondary N) is 1. The van der Waals surface area contributed by atoms with Crippen LogP contribution < -0.4 is 15.8 Å². The molecular formula is C17H29N3O. The maximum Gasteiger partial charge on any atom is 0.239 e. The van der Waals surface area contributed by atoms with Gasteiger partial charge in [0.05, 0.1) is 5.69 Å². The highest BCUT2D eigenvalue weighted by Gasteiger charge is 2.19. The van der Waals surface area contributed by atoms with E-state index in [9.17, 15) is 0 Å². The molecule has 0 spiro atoms. The number of anilines is 2. The van der Waals surface area contributed by atoms with Gasteiger partial charge in [-0.15, -0.1) is 0 Å². The van der Waals surface area contributed by atoms with Gasteiger partial charge in [-0.2, -0.15) is 4.98 Å². The predicted octanol–water partition coefficient (Wildman–Crippen LogP) is 4.08. The van der Waals surface area contributed by atoms with Gasteiger partial charge in [-0.05, 0) is 57.6 Å². The summed E-state index contributed by atoms with van der Waals surface area (Å²) in [5, 5.41) is 3.44. The average molecular weight is 291 g/mol. The van der Waals surface area contributed by atoms with Crippen LogP contribution in [0.3, 0.4) is 0 Å². The van der Waals surface area contributed by atoms with E-state index >= 15 is 0 Å². The van der Waals surface area contributed by atoms with Gasteiger partial charge >= 0.3 is 0 Å². The summed E-state index contributed by atoms with van der Waals surface area (Å²) in [6.07, 6.45) is 5.32. The Morgan fingerprint density at radius 1 is 1.24 bits per heavy atom. The van der Waals surface area contributed by atoms with Crippen LogP contribution >= 0.6 is 0 Å². The Morgan fingerprint density at radius 2 is 1.90 bits per heavy atom. The zero-order chi connectivity index (χ0) is 15.5. The van der Waals surface area contributed by atoms with E-state index in [0.29, 0.717) is 11.6 Å². The second-order valence-corrected chi connectivity index (χ2v) is 7.31. The lowest BCUT2D eigenvalue weighted by Crippen LogP contribution is -2.24. The minimum atomic E-state index is -0.292. The summed E-state index contributed by atoms with van der Waals surface area (Å²) >= 11 is 0. The normalized spacial score (nSPS) is 22.9. The zero-order valence-electron chi connectivity index (χ0n) is 13.8. The summed E-state index contributed by atoms with van der Waals surface area (Å²) in [6.45, 7) is 9.33. The first kappa shape index (κ1) is 15.9. The van der Waals surface area contributed by atoms with Crippen LogP contribution in [0.4, 0.5) is 11.5 Å². The standard InChI is InChI=1S/C17H29N3O/c1-12-5-7-13(8-6-12)11-19-15-10-9-14(18)16(20-15)21-17(2,3)4/h9-10,12-13H,5-8,11,18H2,1-4H3,(H,19,20). The number of nitrogens with zero attached hydrogens (tertiary/aromatic N) is 1. The minimum Gasteiger partial charge on any atom is -0.470 e. The van der Waals surface area contributed by atoms with Crippen LogP contribution in [0.5, 0.6) is 5.88 Å². The lowest BCUT2D eigenvalue weighted by atomic mass is 9.83. The number of pyridine rings is 1. The molecule has 0 amide bonds. The van der Waals surface area contributed by atoms with Crippen molar-refractivity contribution in [3.63, 3.8) is 0 Å². The summed E-state index contributed by atoms with van der Waals surface area (Å²) in [5.41, 5.74) is 6.23. The molecule has 0 aromatic carbocycles. The van der Waals surface area contributed by atoms with Gasteiger partial charge in [-0.1, -0.05) is 19.8 Å². The quantitative estimate of drug-likeness (QED) is 0.877. The van der Waals surface area contributed by atoms with Crippen molar-refractivity contribution in [2.75, 3.05) is 17.6 Å². The Balaban J connectivity index is 1.93. The van der Waals surface area contributed by atoms with E-state index in [1.165, 1.54) is 25.7 Å². The van der Waals surface area contributed by atoms with Crippen molar-refractivity contribution < 1.29 is 4.74 Å². The van der Waals surface area contributed by atoms with Crippen LogP contribution in [0.1, 0.15) is 53.4 Å². The van der Waals surface area contributed by atoms with Gasteiger partial charge in [0.1, 0.15) is 11.4 Å². The molecule has 0 radical (unpaired) electrons. The highest BCUT2D eigenvalue weighted by molar-refractivity contribution is 5.53. The van der Waals surface area contributed by atoms with E-state index < -0.39 is 0 Å². The number of nitrogen functional groups attached to an aromatic ring is 1. The number of hydrogen-bond donors (Lipinski definition) is 2. The third-order valence-corrected chi connectivity index (χ3v) is 4.00. The molecule has 4 heteroatoms. The summed E-state index contributed by atoms with van der Waals surface area (Å²) in [5.74, 6) is 3.02. The van der Waals surface area contributed by atoms with Crippen LogP contribution in [0.15, 0.2) is 12.1 Å². The van der Waals surface area contributed by atoms with Crippen LogP contribution in [0.2, 0.25) is 0 Å². The molecular weight excluding hydrogens is 262 g/mol.